The minimum Gasteiger partial charge on any atom is -0.493 e. The summed E-state index contributed by atoms with van der Waals surface area (Å²) in [4.78, 5) is 0. The number of fused-ring (bicyclic) bond motifs is 1. The van der Waals surface area contributed by atoms with Gasteiger partial charge in [0.05, 0.1) is 12.1 Å². The molecule has 0 radical (unpaired) electrons. The zero-order valence-corrected chi connectivity index (χ0v) is 18.1. The van der Waals surface area contributed by atoms with Crippen LogP contribution >= 0.6 is 24.0 Å². The highest BCUT2D eigenvalue weighted by atomic mass is 35.5. The van der Waals surface area contributed by atoms with Gasteiger partial charge in [-0.15, -0.1) is 12.4 Å². The van der Waals surface area contributed by atoms with Crippen LogP contribution in [0.1, 0.15) is 16.7 Å². The Morgan fingerprint density at radius 1 is 0.900 bits per heavy atom. The zero-order chi connectivity index (χ0) is 20.1. The Balaban J connectivity index is 0.00000256. The van der Waals surface area contributed by atoms with E-state index in [1.54, 1.807) is 7.11 Å². The Bertz CT molecular complexity index is 982. The van der Waals surface area contributed by atoms with Gasteiger partial charge in [0.25, 0.3) is 0 Å². The monoisotopic (exact) mass is 447 g/mol. The van der Waals surface area contributed by atoms with Crippen LogP contribution in [0.5, 0.6) is 23.0 Å². The van der Waals surface area contributed by atoms with E-state index in [2.05, 4.69) is 5.32 Å². The van der Waals surface area contributed by atoms with Gasteiger partial charge in [-0.05, 0) is 41.0 Å². The van der Waals surface area contributed by atoms with Crippen molar-refractivity contribution in [2.75, 3.05) is 13.9 Å². The first-order valence-corrected chi connectivity index (χ1v) is 9.73. The van der Waals surface area contributed by atoms with Crippen molar-refractivity contribution in [2.45, 2.75) is 19.7 Å². The number of nitrogens with one attached hydrogen (secondary N) is 1. The predicted octanol–water partition coefficient (Wildman–Crippen LogP) is 5.37. The minimum atomic E-state index is 0. The molecule has 0 saturated carbocycles. The van der Waals surface area contributed by atoms with E-state index in [0.29, 0.717) is 36.2 Å². The van der Waals surface area contributed by atoms with Crippen LogP contribution in [-0.4, -0.2) is 13.9 Å². The number of methoxy groups -OCH3 is 1. The summed E-state index contributed by atoms with van der Waals surface area (Å²) in [7, 11) is 1.62. The fourth-order valence-corrected chi connectivity index (χ4v) is 3.44. The molecule has 1 aliphatic rings. The molecule has 3 aromatic carbocycles. The second kappa shape index (κ2) is 10.4. The summed E-state index contributed by atoms with van der Waals surface area (Å²) in [5, 5.41) is 3.94. The maximum absolute atomic E-state index is 6.48. The van der Waals surface area contributed by atoms with E-state index < -0.39 is 0 Å². The summed E-state index contributed by atoms with van der Waals surface area (Å²) in [6.07, 6.45) is 0. The number of hydrogen-bond acceptors (Lipinski definition) is 5. The fraction of sp³-hybridized carbons (Fsp3) is 0.217. The Kier molecular flexibility index (Phi) is 7.69. The highest BCUT2D eigenvalue weighted by molar-refractivity contribution is 6.32. The van der Waals surface area contributed by atoms with Crippen LogP contribution in [0.4, 0.5) is 0 Å². The van der Waals surface area contributed by atoms with Crippen LogP contribution in [0.15, 0.2) is 60.7 Å². The number of benzene rings is 3. The van der Waals surface area contributed by atoms with E-state index in [4.69, 9.17) is 30.5 Å². The maximum Gasteiger partial charge on any atom is 0.231 e. The van der Waals surface area contributed by atoms with Crippen LogP contribution in [0.2, 0.25) is 5.02 Å². The molecular formula is C23H23Cl2NO4. The van der Waals surface area contributed by atoms with Gasteiger partial charge in [0, 0.05) is 13.1 Å². The molecule has 0 spiro atoms. The number of halogens is 2. The summed E-state index contributed by atoms with van der Waals surface area (Å²) in [6, 6.07) is 19.7. The van der Waals surface area contributed by atoms with Gasteiger partial charge in [-0.3, -0.25) is 0 Å². The van der Waals surface area contributed by atoms with Gasteiger partial charge in [-0.25, -0.2) is 0 Å². The quantitative estimate of drug-likeness (QED) is 0.502. The largest absolute Gasteiger partial charge is 0.493 e. The van der Waals surface area contributed by atoms with E-state index in [-0.39, 0.29) is 19.2 Å². The van der Waals surface area contributed by atoms with E-state index >= 15 is 0 Å². The van der Waals surface area contributed by atoms with Crippen molar-refractivity contribution in [3.8, 4) is 23.0 Å². The fourth-order valence-electron chi connectivity index (χ4n) is 3.15. The van der Waals surface area contributed by atoms with Crippen molar-refractivity contribution in [3.63, 3.8) is 0 Å². The predicted molar refractivity (Wildman–Crippen MR) is 119 cm³/mol. The van der Waals surface area contributed by atoms with Gasteiger partial charge in [0.2, 0.25) is 6.79 Å². The average Bonchev–Trinajstić information content (AvgIpc) is 3.21. The highest BCUT2D eigenvalue weighted by Gasteiger charge is 2.14. The summed E-state index contributed by atoms with van der Waals surface area (Å²) >= 11 is 6.48. The molecule has 5 nitrogen and oxygen atoms in total. The van der Waals surface area contributed by atoms with Gasteiger partial charge < -0.3 is 24.3 Å². The molecule has 0 aromatic heterocycles. The van der Waals surface area contributed by atoms with Gasteiger partial charge in [0.15, 0.2) is 23.0 Å². The highest BCUT2D eigenvalue weighted by Crippen LogP contribution is 2.37. The Morgan fingerprint density at radius 3 is 2.47 bits per heavy atom. The van der Waals surface area contributed by atoms with Crippen LogP contribution in [0.3, 0.4) is 0 Å². The van der Waals surface area contributed by atoms with Gasteiger partial charge in [-0.1, -0.05) is 48.0 Å². The van der Waals surface area contributed by atoms with Gasteiger partial charge in [-0.2, -0.15) is 0 Å². The van der Waals surface area contributed by atoms with Crippen molar-refractivity contribution < 1.29 is 18.9 Å². The molecule has 0 fully saturated rings. The molecule has 1 heterocycles. The smallest absolute Gasteiger partial charge is 0.231 e. The zero-order valence-electron chi connectivity index (χ0n) is 16.5. The third kappa shape index (κ3) is 5.30. The lowest BCUT2D eigenvalue weighted by Gasteiger charge is -2.15. The number of ether oxygens (including phenoxy) is 4. The third-order valence-corrected chi connectivity index (χ3v) is 4.89. The Morgan fingerprint density at radius 2 is 1.67 bits per heavy atom. The molecule has 0 unspecified atom stereocenters. The van der Waals surface area contributed by atoms with Crippen LogP contribution < -0.4 is 24.3 Å². The van der Waals surface area contributed by atoms with E-state index in [9.17, 15) is 0 Å². The molecule has 30 heavy (non-hydrogen) atoms. The van der Waals surface area contributed by atoms with Crippen molar-refractivity contribution in [2.24, 2.45) is 0 Å². The third-order valence-electron chi connectivity index (χ3n) is 4.61. The number of hydrogen-bond donors (Lipinski definition) is 1. The second-order valence-electron chi connectivity index (χ2n) is 6.67. The molecule has 7 heteroatoms. The van der Waals surface area contributed by atoms with Crippen LogP contribution in [0, 0.1) is 0 Å². The average molecular weight is 448 g/mol. The lowest BCUT2D eigenvalue weighted by atomic mass is 10.1. The molecule has 3 aromatic rings. The summed E-state index contributed by atoms with van der Waals surface area (Å²) in [5.74, 6) is 2.75. The lowest BCUT2D eigenvalue weighted by molar-refractivity contribution is 0.174. The van der Waals surface area contributed by atoms with E-state index in [1.165, 1.54) is 0 Å². The molecular weight excluding hydrogens is 425 g/mol. The van der Waals surface area contributed by atoms with E-state index in [0.717, 1.165) is 28.2 Å². The van der Waals surface area contributed by atoms with Crippen LogP contribution in [-0.2, 0) is 19.7 Å². The molecule has 0 bridgehead atoms. The first kappa shape index (κ1) is 22.1. The molecule has 1 aliphatic heterocycles. The second-order valence-corrected chi connectivity index (χ2v) is 7.08. The van der Waals surface area contributed by atoms with Crippen molar-refractivity contribution in [1.82, 2.24) is 5.32 Å². The van der Waals surface area contributed by atoms with Crippen molar-refractivity contribution in [1.29, 1.82) is 0 Å². The molecule has 0 amide bonds. The molecule has 0 atom stereocenters. The minimum absolute atomic E-state index is 0. The molecule has 4 rings (SSSR count). The topological polar surface area (TPSA) is 49.0 Å². The SMILES string of the molecule is COc1cc(CNCc2ccc3c(c2)OCO3)cc(Cl)c1OCc1ccccc1.Cl. The summed E-state index contributed by atoms with van der Waals surface area (Å²) in [6.45, 7) is 2.05. The van der Waals surface area contributed by atoms with Crippen molar-refractivity contribution >= 4 is 24.0 Å². The van der Waals surface area contributed by atoms with Crippen molar-refractivity contribution in [3.05, 3.63) is 82.4 Å². The molecule has 158 valence electrons. The summed E-state index contributed by atoms with van der Waals surface area (Å²) < 4.78 is 22.2. The van der Waals surface area contributed by atoms with Gasteiger partial charge in [0.1, 0.15) is 6.61 Å². The molecule has 0 aliphatic carbocycles. The normalized spacial score (nSPS) is 11.7. The van der Waals surface area contributed by atoms with E-state index in [1.807, 2.05) is 60.7 Å². The Hall–Kier alpha value is -2.60. The molecule has 0 saturated heterocycles. The standard InChI is InChI=1S/C23H22ClNO4.ClH/c1-26-22-11-18(9-19(24)23(22)27-14-16-5-3-2-4-6-16)13-25-12-17-7-8-20-21(10-17)29-15-28-20;/h2-11,25H,12-15H2,1H3;1H. The molecule has 1 N–H and O–H groups in total. The van der Waals surface area contributed by atoms with Crippen LogP contribution in [0.25, 0.3) is 0 Å². The maximum atomic E-state index is 6.48. The Labute approximate surface area is 187 Å². The lowest BCUT2D eigenvalue weighted by Crippen LogP contribution is -2.13. The van der Waals surface area contributed by atoms with Gasteiger partial charge >= 0.3 is 0 Å². The summed E-state index contributed by atoms with van der Waals surface area (Å²) in [5.41, 5.74) is 3.20. The number of rotatable bonds is 8. The first-order valence-electron chi connectivity index (χ1n) is 9.35. The first-order chi connectivity index (χ1) is 14.2.